The Bertz CT molecular complexity index is 544. The first-order valence-corrected chi connectivity index (χ1v) is 19.3. The van der Waals surface area contributed by atoms with E-state index in [4.69, 9.17) is 9.78 Å². The van der Waals surface area contributed by atoms with E-state index in [1.165, 1.54) is 173 Å². The Labute approximate surface area is 265 Å². The van der Waals surface area contributed by atoms with Crippen LogP contribution in [0.1, 0.15) is 227 Å². The van der Waals surface area contributed by atoms with Crippen LogP contribution in [0.5, 0.6) is 0 Å². The topological polar surface area (TPSA) is 35.5 Å². The molecule has 0 aromatic rings. The lowest BCUT2D eigenvalue weighted by Crippen LogP contribution is -2.33. The minimum Gasteiger partial charge on any atom is -0.298 e. The van der Waals surface area contributed by atoms with E-state index in [9.17, 15) is 4.79 Å². The van der Waals surface area contributed by atoms with Crippen LogP contribution < -0.4 is 0 Å². The number of hydrogen-bond donors (Lipinski definition) is 0. The van der Waals surface area contributed by atoms with Crippen LogP contribution in [0.25, 0.3) is 0 Å². The van der Waals surface area contributed by atoms with Crippen molar-refractivity contribution < 1.29 is 14.6 Å². The number of rotatable bonds is 34. The van der Waals surface area contributed by atoms with Gasteiger partial charge in [-0.05, 0) is 32.6 Å². The maximum atomic E-state index is 12.7. The molecule has 0 aliphatic rings. The minimum atomic E-state index is -0.494. The lowest BCUT2D eigenvalue weighted by atomic mass is 9.77. The van der Waals surface area contributed by atoms with Gasteiger partial charge in [-0.25, -0.2) is 4.79 Å². The third-order valence-corrected chi connectivity index (χ3v) is 9.71. The fraction of sp³-hybridized carbons (Fsp3) is 0.974. The van der Waals surface area contributed by atoms with Crippen molar-refractivity contribution in [2.75, 3.05) is 6.61 Å². The summed E-state index contributed by atoms with van der Waals surface area (Å²) in [5.74, 6) is 0.0954. The molecule has 0 N–H and O–H groups in total. The van der Waals surface area contributed by atoms with Crippen LogP contribution in [0.4, 0.5) is 0 Å². The van der Waals surface area contributed by atoms with Gasteiger partial charge in [-0.3, -0.25) is 4.89 Å². The van der Waals surface area contributed by atoms with E-state index >= 15 is 0 Å². The summed E-state index contributed by atoms with van der Waals surface area (Å²) >= 11 is 0. The Morgan fingerprint density at radius 1 is 0.476 bits per heavy atom. The van der Waals surface area contributed by atoms with Gasteiger partial charge in [0.25, 0.3) is 0 Å². The number of hydrogen-bond acceptors (Lipinski definition) is 3. The van der Waals surface area contributed by atoms with Crippen molar-refractivity contribution in [3.63, 3.8) is 0 Å². The summed E-state index contributed by atoms with van der Waals surface area (Å²) in [4.78, 5) is 23.2. The van der Waals surface area contributed by atoms with Gasteiger partial charge in [-0.1, -0.05) is 201 Å². The number of carbonyl (C=O) groups is 1. The zero-order valence-corrected chi connectivity index (χ0v) is 29.7. The lowest BCUT2D eigenvalue weighted by molar-refractivity contribution is -0.282. The van der Waals surface area contributed by atoms with E-state index in [0.29, 0.717) is 12.5 Å². The summed E-state index contributed by atoms with van der Waals surface area (Å²) in [6, 6.07) is 0. The predicted molar refractivity (Wildman–Crippen MR) is 185 cm³/mol. The largest absolute Gasteiger partial charge is 0.348 e. The highest BCUT2D eigenvalue weighted by Gasteiger charge is 2.36. The van der Waals surface area contributed by atoms with E-state index in [1.807, 2.05) is 13.8 Å². The fourth-order valence-corrected chi connectivity index (χ4v) is 5.94. The van der Waals surface area contributed by atoms with Crippen LogP contribution in [-0.4, -0.2) is 12.6 Å². The Kier molecular flexibility index (Phi) is 31.4. The molecule has 0 radical (unpaired) electrons. The molecule has 0 heterocycles. The van der Waals surface area contributed by atoms with E-state index in [0.717, 1.165) is 19.3 Å². The molecule has 0 spiro atoms. The molecule has 0 aliphatic carbocycles. The maximum Gasteiger partial charge on any atom is 0.348 e. The fourth-order valence-electron chi connectivity index (χ4n) is 5.94. The lowest BCUT2D eigenvalue weighted by Gasteiger charge is -2.28. The third kappa shape index (κ3) is 27.0. The molecule has 252 valence electrons. The first kappa shape index (κ1) is 41.4. The first-order chi connectivity index (χ1) is 20.5. The molecular formula is C39H78O3. The van der Waals surface area contributed by atoms with Crippen LogP contribution in [0.3, 0.4) is 0 Å². The second-order valence-corrected chi connectivity index (χ2v) is 14.2. The molecule has 0 rings (SSSR count). The van der Waals surface area contributed by atoms with Gasteiger partial charge in [0, 0.05) is 0 Å². The predicted octanol–water partition coefficient (Wildman–Crippen LogP) is 13.9. The van der Waals surface area contributed by atoms with Gasteiger partial charge < -0.3 is 0 Å². The normalized spacial score (nSPS) is 12.6. The van der Waals surface area contributed by atoms with Crippen molar-refractivity contribution in [3.05, 3.63) is 0 Å². The maximum absolute atomic E-state index is 12.7. The summed E-state index contributed by atoms with van der Waals surface area (Å²) < 4.78 is 0. The highest BCUT2D eigenvalue weighted by Crippen LogP contribution is 2.32. The van der Waals surface area contributed by atoms with Gasteiger partial charge >= 0.3 is 5.97 Å². The standard InChI is InChI=1S/C39H78O3/c1-6-8-10-12-14-16-18-20-21-22-24-26-28-30-32-34-36-41-42-38(40)39(4,5)37(3)35-33-31-29-27-25-23-19-17-15-13-11-9-7-2/h37H,6-36H2,1-5H3. The van der Waals surface area contributed by atoms with Gasteiger partial charge in [-0.2, -0.15) is 4.89 Å². The molecule has 0 aromatic heterocycles. The monoisotopic (exact) mass is 595 g/mol. The summed E-state index contributed by atoms with van der Waals surface area (Å²) in [7, 11) is 0. The van der Waals surface area contributed by atoms with E-state index in [1.54, 1.807) is 0 Å². The molecule has 42 heavy (non-hydrogen) atoms. The van der Waals surface area contributed by atoms with Crippen molar-refractivity contribution in [3.8, 4) is 0 Å². The van der Waals surface area contributed by atoms with Gasteiger partial charge in [0.2, 0.25) is 0 Å². The zero-order valence-electron chi connectivity index (χ0n) is 29.7. The summed E-state index contributed by atoms with van der Waals surface area (Å²) in [6.45, 7) is 11.3. The number of unbranched alkanes of at least 4 members (excludes halogenated alkanes) is 27. The molecule has 0 aromatic carbocycles. The van der Waals surface area contributed by atoms with Crippen molar-refractivity contribution in [2.45, 2.75) is 227 Å². The van der Waals surface area contributed by atoms with Crippen LogP contribution in [-0.2, 0) is 14.6 Å². The van der Waals surface area contributed by atoms with Crippen molar-refractivity contribution in [2.24, 2.45) is 11.3 Å². The van der Waals surface area contributed by atoms with Crippen molar-refractivity contribution in [1.29, 1.82) is 0 Å². The molecule has 0 fully saturated rings. The smallest absolute Gasteiger partial charge is 0.298 e. The molecule has 3 heteroatoms. The second-order valence-electron chi connectivity index (χ2n) is 14.2. The van der Waals surface area contributed by atoms with Crippen molar-refractivity contribution >= 4 is 5.97 Å². The minimum absolute atomic E-state index is 0.207. The van der Waals surface area contributed by atoms with Gasteiger partial charge in [0.05, 0.1) is 12.0 Å². The van der Waals surface area contributed by atoms with Crippen LogP contribution in [0, 0.1) is 11.3 Å². The zero-order chi connectivity index (χ0) is 31.0. The Morgan fingerprint density at radius 3 is 1.10 bits per heavy atom. The molecule has 1 unspecified atom stereocenters. The molecule has 0 saturated carbocycles. The third-order valence-electron chi connectivity index (χ3n) is 9.71. The van der Waals surface area contributed by atoms with Crippen LogP contribution in [0.2, 0.25) is 0 Å². The molecule has 0 amide bonds. The first-order valence-electron chi connectivity index (χ1n) is 19.3. The quantitative estimate of drug-likeness (QED) is 0.0422. The molecular weight excluding hydrogens is 516 g/mol. The van der Waals surface area contributed by atoms with E-state index in [-0.39, 0.29) is 5.97 Å². The number of carbonyl (C=O) groups excluding carboxylic acids is 1. The highest BCUT2D eigenvalue weighted by molar-refractivity contribution is 5.75. The second kappa shape index (κ2) is 31.8. The summed E-state index contributed by atoms with van der Waals surface area (Å²) in [5, 5.41) is 0. The highest BCUT2D eigenvalue weighted by atomic mass is 17.2. The summed E-state index contributed by atoms with van der Waals surface area (Å²) in [5.41, 5.74) is -0.494. The Balaban J connectivity index is 3.52. The summed E-state index contributed by atoms with van der Waals surface area (Å²) in [6.07, 6.45) is 40.6. The molecule has 3 nitrogen and oxygen atoms in total. The average Bonchev–Trinajstić information content (AvgIpc) is 2.98. The molecule has 1 atom stereocenters. The molecule has 0 aliphatic heterocycles. The van der Waals surface area contributed by atoms with Gasteiger partial charge in [0.15, 0.2) is 0 Å². The molecule has 0 saturated heterocycles. The Hall–Kier alpha value is -0.570. The van der Waals surface area contributed by atoms with E-state index < -0.39 is 5.41 Å². The van der Waals surface area contributed by atoms with Crippen molar-refractivity contribution in [1.82, 2.24) is 0 Å². The Morgan fingerprint density at radius 2 is 0.762 bits per heavy atom. The van der Waals surface area contributed by atoms with Crippen LogP contribution in [0.15, 0.2) is 0 Å². The molecule has 0 bridgehead atoms. The van der Waals surface area contributed by atoms with E-state index in [2.05, 4.69) is 20.8 Å². The van der Waals surface area contributed by atoms with Gasteiger partial charge in [0.1, 0.15) is 0 Å². The van der Waals surface area contributed by atoms with Crippen LogP contribution >= 0.6 is 0 Å². The van der Waals surface area contributed by atoms with Gasteiger partial charge in [-0.15, -0.1) is 0 Å². The average molecular weight is 595 g/mol. The SMILES string of the molecule is CCCCCCCCCCCCCCCCCCOOC(=O)C(C)(C)C(C)CCCCCCCCCCCCCCC.